The molecule has 0 bridgehead atoms. The van der Waals surface area contributed by atoms with Crippen LogP contribution < -0.4 is 5.32 Å². The number of anilines is 2. The molecule has 2 aromatic rings. The molecule has 22 heavy (non-hydrogen) atoms. The van der Waals surface area contributed by atoms with Crippen molar-refractivity contribution in [3.63, 3.8) is 0 Å². The molecule has 0 aliphatic carbocycles. The fourth-order valence-corrected chi connectivity index (χ4v) is 4.26. The van der Waals surface area contributed by atoms with Gasteiger partial charge in [0.25, 0.3) is 0 Å². The molecule has 0 radical (unpaired) electrons. The predicted octanol–water partition coefficient (Wildman–Crippen LogP) is 3.37. The molecule has 5 nitrogen and oxygen atoms in total. The van der Waals surface area contributed by atoms with Gasteiger partial charge in [0.15, 0.2) is 0 Å². The van der Waals surface area contributed by atoms with Crippen LogP contribution >= 0.6 is 15.9 Å². The van der Waals surface area contributed by atoms with Crippen LogP contribution in [0, 0.1) is 0 Å². The predicted molar refractivity (Wildman–Crippen MR) is 89.7 cm³/mol. The number of halogens is 1. The number of aromatic nitrogens is 1. The maximum atomic E-state index is 12.4. The number of nitrogens with one attached hydrogen (secondary N) is 1. The molecule has 0 atom stereocenters. The highest BCUT2D eigenvalue weighted by Gasteiger charge is 2.26. The van der Waals surface area contributed by atoms with Gasteiger partial charge in [-0.2, -0.15) is 4.31 Å². The van der Waals surface area contributed by atoms with Crippen molar-refractivity contribution < 1.29 is 8.42 Å². The Morgan fingerprint density at radius 1 is 1.09 bits per heavy atom. The zero-order chi connectivity index (χ0) is 15.6. The number of hydrogen-bond acceptors (Lipinski definition) is 4. The van der Waals surface area contributed by atoms with E-state index in [0.29, 0.717) is 23.8 Å². The first-order valence-corrected chi connectivity index (χ1v) is 9.28. The van der Waals surface area contributed by atoms with Gasteiger partial charge in [0.2, 0.25) is 10.0 Å². The van der Waals surface area contributed by atoms with Crippen LogP contribution in [0.2, 0.25) is 0 Å². The summed E-state index contributed by atoms with van der Waals surface area (Å²) in [7, 11) is -3.35. The molecule has 1 N–H and O–H groups in total. The van der Waals surface area contributed by atoms with E-state index in [1.54, 1.807) is 34.8 Å². The van der Waals surface area contributed by atoms with Gasteiger partial charge in [-0.1, -0.05) is 15.9 Å². The van der Waals surface area contributed by atoms with E-state index in [-0.39, 0.29) is 0 Å². The molecule has 0 saturated carbocycles. The molecule has 7 heteroatoms. The Hall–Kier alpha value is -1.44. The highest BCUT2D eigenvalue weighted by molar-refractivity contribution is 9.10. The highest BCUT2D eigenvalue weighted by Crippen LogP contribution is 2.23. The maximum Gasteiger partial charge on any atom is 0.243 e. The standard InChI is InChI=1S/C15H16BrN3O2S/c16-12-7-8-17-15(11-12)18-13-3-5-14(6-4-13)22(20,21)19-9-1-2-10-19/h3-8,11H,1-2,9-10H2,(H,17,18). The molecule has 1 aliphatic heterocycles. The average Bonchev–Trinajstić information content (AvgIpc) is 3.03. The lowest BCUT2D eigenvalue weighted by atomic mass is 10.3. The van der Waals surface area contributed by atoms with Crippen LogP contribution in [-0.4, -0.2) is 30.8 Å². The molecule has 1 saturated heterocycles. The zero-order valence-corrected chi connectivity index (χ0v) is 14.3. The van der Waals surface area contributed by atoms with Crippen molar-refractivity contribution in [2.45, 2.75) is 17.7 Å². The Labute approximate surface area is 138 Å². The van der Waals surface area contributed by atoms with Gasteiger partial charge in [0.05, 0.1) is 4.90 Å². The molecule has 0 spiro atoms. The second-order valence-electron chi connectivity index (χ2n) is 5.12. The van der Waals surface area contributed by atoms with Crippen LogP contribution in [0.1, 0.15) is 12.8 Å². The summed E-state index contributed by atoms with van der Waals surface area (Å²) in [6.07, 6.45) is 3.57. The number of nitrogens with zero attached hydrogens (tertiary/aromatic N) is 2. The third-order valence-corrected chi connectivity index (χ3v) is 5.96. The number of hydrogen-bond donors (Lipinski definition) is 1. The van der Waals surface area contributed by atoms with E-state index in [0.717, 1.165) is 23.0 Å². The van der Waals surface area contributed by atoms with E-state index in [2.05, 4.69) is 26.2 Å². The van der Waals surface area contributed by atoms with Crippen molar-refractivity contribution in [1.29, 1.82) is 0 Å². The Kier molecular flexibility index (Phi) is 4.46. The summed E-state index contributed by atoms with van der Waals surface area (Å²) in [5, 5.41) is 3.14. The summed E-state index contributed by atoms with van der Waals surface area (Å²) in [6, 6.07) is 10.5. The Balaban J connectivity index is 1.78. The molecule has 116 valence electrons. The normalized spacial score (nSPS) is 15.9. The van der Waals surface area contributed by atoms with Crippen LogP contribution in [0.25, 0.3) is 0 Å². The van der Waals surface area contributed by atoms with Crippen molar-refractivity contribution in [2.75, 3.05) is 18.4 Å². The molecule has 1 aliphatic rings. The van der Waals surface area contributed by atoms with Crippen molar-refractivity contribution in [3.05, 3.63) is 47.1 Å². The number of benzene rings is 1. The first kappa shape index (κ1) is 15.5. The van der Waals surface area contributed by atoms with Gasteiger partial charge in [0.1, 0.15) is 5.82 Å². The minimum absolute atomic E-state index is 0.335. The van der Waals surface area contributed by atoms with Crippen LogP contribution in [0.3, 0.4) is 0 Å². The Morgan fingerprint density at radius 3 is 2.41 bits per heavy atom. The van der Waals surface area contributed by atoms with Gasteiger partial charge in [-0.25, -0.2) is 13.4 Å². The second kappa shape index (κ2) is 6.36. The summed E-state index contributed by atoms with van der Waals surface area (Å²) in [5.41, 5.74) is 0.797. The van der Waals surface area contributed by atoms with Crippen LogP contribution in [0.5, 0.6) is 0 Å². The van der Waals surface area contributed by atoms with E-state index >= 15 is 0 Å². The monoisotopic (exact) mass is 381 g/mol. The lowest BCUT2D eigenvalue weighted by Crippen LogP contribution is -2.27. The smallest absolute Gasteiger partial charge is 0.243 e. The molecule has 3 rings (SSSR count). The first-order chi connectivity index (χ1) is 10.6. The molecule has 1 fully saturated rings. The second-order valence-corrected chi connectivity index (χ2v) is 7.97. The third-order valence-electron chi connectivity index (χ3n) is 3.55. The van der Waals surface area contributed by atoms with Crippen LogP contribution in [0.15, 0.2) is 52.0 Å². The summed E-state index contributed by atoms with van der Waals surface area (Å²) in [4.78, 5) is 4.54. The molecular formula is C15H16BrN3O2S. The fraction of sp³-hybridized carbons (Fsp3) is 0.267. The van der Waals surface area contributed by atoms with Gasteiger partial charge < -0.3 is 5.32 Å². The average molecular weight is 382 g/mol. The lowest BCUT2D eigenvalue weighted by molar-refractivity contribution is 0.477. The van der Waals surface area contributed by atoms with Gasteiger partial charge in [-0.05, 0) is 49.2 Å². The number of pyridine rings is 1. The van der Waals surface area contributed by atoms with Crippen molar-refractivity contribution in [2.24, 2.45) is 0 Å². The van der Waals surface area contributed by atoms with Crippen LogP contribution in [-0.2, 0) is 10.0 Å². The van der Waals surface area contributed by atoms with E-state index in [1.165, 1.54) is 0 Å². The topological polar surface area (TPSA) is 62.3 Å². The zero-order valence-electron chi connectivity index (χ0n) is 11.9. The van der Waals surface area contributed by atoms with E-state index < -0.39 is 10.0 Å². The molecule has 1 aromatic carbocycles. The molecular weight excluding hydrogens is 366 g/mol. The highest BCUT2D eigenvalue weighted by atomic mass is 79.9. The summed E-state index contributed by atoms with van der Waals surface area (Å²) < 4.78 is 27.3. The van der Waals surface area contributed by atoms with Gasteiger partial charge in [-0.15, -0.1) is 0 Å². The van der Waals surface area contributed by atoms with Crippen molar-refractivity contribution >= 4 is 37.5 Å². The third kappa shape index (κ3) is 3.31. The SMILES string of the molecule is O=S(=O)(c1ccc(Nc2cc(Br)ccn2)cc1)N1CCCC1. The molecule has 2 heterocycles. The quantitative estimate of drug-likeness (QED) is 0.881. The van der Waals surface area contributed by atoms with Gasteiger partial charge in [0, 0.05) is 29.4 Å². The summed E-state index contributed by atoms with van der Waals surface area (Å²) in [6.45, 7) is 1.23. The van der Waals surface area contributed by atoms with E-state index in [1.807, 2.05) is 12.1 Å². The van der Waals surface area contributed by atoms with Gasteiger partial charge in [-0.3, -0.25) is 0 Å². The lowest BCUT2D eigenvalue weighted by Gasteiger charge is -2.15. The van der Waals surface area contributed by atoms with Crippen LogP contribution in [0.4, 0.5) is 11.5 Å². The summed E-state index contributed by atoms with van der Waals surface area (Å²) >= 11 is 3.39. The minimum atomic E-state index is -3.35. The molecule has 0 unspecified atom stereocenters. The maximum absolute atomic E-state index is 12.4. The Morgan fingerprint density at radius 2 is 1.77 bits per heavy atom. The largest absolute Gasteiger partial charge is 0.340 e. The number of sulfonamides is 1. The summed E-state index contributed by atoms with van der Waals surface area (Å²) in [5.74, 6) is 0.699. The van der Waals surface area contributed by atoms with Crippen molar-refractivity contribution in [3.8, 4) is 0 Å². The van der Waals surface area contributed by atoms with E-state index in [4.69, 9.17) is 0 Å². The Bertz CT molecular complexity index is 757. The molecule has 1 aromatic heterocycles. The first-order valence-electron chi connectivity index (χ1n) is 7.04. The fourth-order valence-electron chi connectivity index (χ4n) is 2.41. The molecule has 0 amide bonds. The number of rotatable bonds is 4. The minimum Gasteiger partial charge on any atom is -0.340 e. The van der Waals surface area contributed by atoms with Crippen molar-refractivity contribution in [1.82, 2.24) is 9.29 Å². The van der Waals surface area contributed by atoms with Gasteiger partial charge >= 0.3 is 0 Å². The van der Waals surface area contributed by atoms with E-state index in [9.17, 15) is 8.42 Å².